The Kier molecular flexibility index (Phi) is 15.4. The number of carbonyl (C=O) groups excluding carboxylic acids is 3. The van der Waals surface area contributed by atoms with Crippen LogP contribution in [0.2, 0.25) is 0 Å². The number of thioether (sulfide) groups is 2. The van der Waals surface area contributed by atoms with Gasteiger partial charge in [-0.3, -0.25) is 19.2 Å². The molecule has 206 valence electrons. The lowest BCUT2D eigenvalue weighted by molar-refractivity contribution is -0.142. The average Bonchev–Trinajstić information content (AvgIpc) is 2.86. The van der Waals surface area contributed by atoms with Crippen LogP contribution < -0.4 is 21.7 Å². The number of aliphatic carboxylic acids is 2. The summed E-state index contributed by atoms with van der Waals surface area (Å²) >= 11 is 2.94. The zero-order valence-corrected chi connectivity index (χ0v) is 22.6. The number of carboxylic acids is 2. The highest BCUT2D eigenvalue weighted by Gasteiger charge is 2.30. The van der Waals surface area contributed by atoms with E-state index in [1.165, 1.54) is 23.5 Å². The first-order valence-corrected chi connectivity index (χ1v) is 14.5. The average molecular weight is 557 g/mol. The van der Waals surface area contributed by atoms with Crippen LogP contribution in [0.4, 0.5) is 0 Å². The van der Waals surface area contributed by atoms with E-state index in [1.807, 2.05) is 12.5 Å². The van der Waals surface area contributed by atoms with Gasteiger partial charge in [0.2, 0.25) is 17.7 Å². The molecule has 37 heavy (non-hydrogen) atoms. The van der Waals surface area contributed by atoms with Gasteiger partial charge in [0.25, 0.3) is 0 Å². The number of nitrogens with two attached hydrogens (primary N) is 1. The van der Waals surface area contributed by atoms with E-state index in [1.54, 1.807) is 30.3 Å². The van der Waals surface area contributed by atoms with Crippen LogP contribution in [0.3, 0.4) is 0 Å². The lowest BCUT2D eigenvalue weighted by atomic mass is 10.0. The molecular weight excluding hydrogens is 520 g/mol. The van der Waals surface area contributed by atoms with E-state index in [4.69, 9.17) is 10.8 Å². The van der Waals surface area contributed by atoms with E-state index in [9.17, 15) is 29.1 Å². The molecule has 0 saturated carbocycles. The van der Waals surface area contributed by atoms with E-state index in [-0.39, 0.29) is 19.3 Å². The molecule has 0 aliphatic rings. The molecule has 0 radical (unpaired) electrons. The number of carboxylic acid groups (broad SMARTS) is 2. The third-order valence-corrected chi connectivity index (χ3v) is 6.68. The topological polar surface area (TPSA) is 188 Å². The van der Waals surface area contributed by atoms with Crippen molar-refractivity contribution in [3.8, 4) is 0 Å². The molecule has 7 N–H and O–H groups in total. The second-order valence-corrected chi connectivity index (χ2v) is 10.3. The van der Waals surface area contributed by atoms with Crippen LogP contribution >= 0.6 is 23.5 Å². The van der Waals surface area contributed by atoms with Crippen molar-refractivity contribution in [2.75, 3.05) is 24.0 Å². The van der Waals surface area contributed by atoms with Crippen LogP contribution in [-0.4, -0.2) is 88.1 Å². The molecule has 0 spiro atoms. The first-order chi connectivity index (χ1) is 17.6. The van der Waals surface area contributed by atoms with Crippen molar-refractivity contribution in [2.24, 2.45) is 5.73 Å². The molecular formula is C24H36N4O7S2. The number of hydrogen-bond acceptors (Lipinski definition) is 8. The molecule has 0 aliphatic carbocycles. The number of benzene rings is 1. The fraction of sp³-hybridized carbons (Fsp3) is 0.542. The van der Waals surface area contributed by atoms with Crippen LogP contribution in [0.15, 0.2) is 30.3 Å². The van der Waals surface area contributed by atoms with Crippen molar-refractivity contribution < 1.29 is 34.2 Å². The predicted molar refractivity (Wildman–Crippen MR) is 144 cm³/mol. The third-order valence-electron chi connectivity index (χ3n) is 5.39. The molecule has 0 bridgehead atoms. The molecule has 3 amide bonds. The summed E-state index contributed by atoms with van der Waals surface area (Å²) in [6.07, 6.45) is 3.68. The zero-order chi connectivity index (χ0) is 27.8. The summed E-state index contributed by atoms with van der Waals surface area (Å²) in [4.78, 5) is 61.6. The van der Waals surface area contributed by atoms with Gasteiger partial charge in [-0.25, -0.2) is 4.79 Å². The molecule has 1 aromatic rings. The SMILES string of the molecule is CSCCC(N)C(=O)NC(CCC(=O)O)C(=O)NC(Cc1ccccc1)C(=O)NC(CCSC)C(=O)O. The molecule has 0 heterocycles. The molecule has 0 aromatic heterocycles. The van der Waals surface area contributed by atoms with Crippen molar-refractivity contribution in [2.45, 2.75) is 56.3 Å². The summed E-state index contributed by atoms with van der Waals surface area (Å²) < 4.78 is 0. The van der Waals surface area contributed by atoms with E-state index in [0.717, 1.165) is 0 Å². The number of hydrogen-bond donors (Lipinski definition) is 6. The fourth-order valence-corrected chi connectivity index (χ4v) is 4.25. The van der Waals surface area contributed by atoms with Crippen molar-refractivity contribution in [3.63, 3.8) is 0 Å². The van der Waals surface area contributed by atoms with Gasteiger partial charge >= 0.3 is 11.9 Å². The highest BCUT2D eigenvalue weighted by molar-refractivity contribution is 7.98. The Hall–Kier alpha value is -2.77. The molecule has 4 atom stereocenters. The minimum Gasteiger partial charge on any atom is -0.481 e. The van der Waals surface area contributed by atoms with Gasteiger partial charge in [0.05, 0.1) is 6.04 Å². The second kappa shape index (κ2) is 17.6. The Morgan fingerprint density at radius 1 is 0.784 bits per heavy atom. The van der Waals surface area contributed by atoms with Gasteiger partial charge in [-0.05, 0) is 48.8 Å². The van der Waals surface area contributed by atoms with Crippen molar-refractivity contribution >= 4 is 53.2 Å². The second-order valence-electron chi connectivity index (χ2n) is 8.31. The van der Waals surface area contributed by atoms with E-state index < -0.39 is 60.2 Å². The molecule has 11 nitrogen and oxygen atoms in total. The maximum Gasteiger partial charge on any atom is 0.326 e. The molecule has 4 unspecified atom stereocenters. The Labute approximate surface area is 225 Å². The van der Waals surface area contributed by atoms with Gasteiger partial charge in [-0.15, -0.1) is 0 Å². The van der Waals surface area contributed by atoms with Gasteiger partial charge in [0, 0.05) is 12.8 Å². The molecule has 1 aromatic carbocycles. The van der Waals surface area contributed by atoms with E-state index in [0.29, 0.717) is 23.5 Å². The monoisotopic (exact) mass is 556 g/mol. The highest BCUT2D eigenvalue weighted by atomic mass is 32.2. The van der Waals surface area contributed by atoms with Crippen molar-refractivity contribution in [3.05, 3.63) is 35.9 Å². The Morgan fingerprint density at radius 2 is 1.32 bits per heavy atom. The zero-order valence-electron chi connectivity index (χ0n) is 21.0. The molecule has 0 aliphatic heterocycles. The normalized spacial score (nSPS) is 14.0. The van der Waals surface area contributed by atoms with Gasteiger partial charge < -0.3 is 31.9 Å². The van der Waals surface area contributed by atoms with Gasteiger partial charge in [0.15, 0.2) is 0 Å². The summed E-state index contributed by atoms with van der Waals surface area (Å²) in [5, 5.41) is 26.1. The lowest BCUT2D eigenvalue weighted by Crippen LogP contribution is -2.57. The summed E-state index contributed by atoms with van der Waals surface area (Å²) in [5.41, 5.74) is 6.60. The summed E-state index contributed by atoms with van der Waals surface area (Å²) in [6, 6.07) is 4.37. The number of amides is 3. The fourth-order valence-electron chi connectivity index (χ4n) is 3.29. The first-order valence-electron chi connectivity index (χ1n) is 11.7. The third kappa shape index (κ3) is 12.8. The van der Waals surface area contributed by atoms with Crippen LogP contribution in [0.5, 0.6) is 0 Å². The number of nitrogens with one attached hydrogen (secondary N) is 3. The smallest absolute Gasteiger partial charge is 0.326 e. The molecule has 0 saturated heterocycles. The lowest BCUT2D eigenvalue weighted by Gasteiger charge is -2.25. The minimum atomic E-state index is -1.25. The minimum absolute atomic E-state index is 0.0557. The maximum absolute atomic E-state index is 13.2. The van der Waals surface area contributed by atoms with Gasteiger partial charge in [0.1, 0.15) is 18.1 Å². The van der Waals surface area contributed by atoms with Crippen LogP contribution in [0.1, 0.15) is 31.2 Å². The van der Waals surface area contributed by atoms with Crippen LogP contribution in [-0.2, 0) is 30.4 Å². The van der Waals surface area contributed by atoms with Gasteiger partial charge in [-0.2, -0.15) is 23.5 Å². The Bertz CT molecular complexity index is 904. The molecule has 0 fully saturated rings. The first kappa shape index (κ1) is 32.3. The summed E-state index contributed by atoms with van der Waals surface area (Å²) in [5.74, 6) is -3.29. The number of rotatable bonds is 18. The van der Waals surface area contributed by atoms with Crippen LogP contribution in [0, 0.1) is 0 Å². The molecule has 1 rings (SSSR count). The summed E-state index contributed by atoms with van der Waals surface area (Å²) in [6.45, 7) is 0. The maximum atomic E-state index is 13.2. The Morgan fingerprint density at radius 3 is 1.89 bits per heavy atom. The standard InChI is InChI=1S/C24H36N4O7S2/c1-36-12-10-16(25)21(31)26-17(8-9-20(29)30)22(32)28-19(14-15-6-4-3-5-7-15)23(33)27-18(24(34)35)11-13-37-2/h3-7,16-19H,8-14,25H2,1-2H3,(H,26,31)(H,27,33)(H,28,32)(H,29,30)(H,34,35). The van der Waals surface area contributed by atoms with Crippen LogP contribution in [0.25, 0.3) is 0 Å². The number of carbonyl (C=O) groups is 5. The quantitative estimate of drug-likeness (QED) is 0.148. The van der Waals surface area contributed by atoms with E-state index >= 15 is 0 Å². The van der Waals surface area contributed by atoms with Crippen molar-refractivity contribution in [1.29, 1.82) is 0 Å². The highest BCUT2D eigenvalue weighted by Crippen LogP contribution is 2.08. The predicted octanol–water partition coefficient (Wildman–Crippen LogP) is 0.466. The summed E-state index contributed by atoms with van der Waals surface area (Å²) in [7, 11) is 0. The van der Waals surface area contributed by atoms with Crippen molar-refractivity contribution in [1.82, 2.24) is 16.0 Å². The largest absolute Gasteiger partial charge is 0.481 e. The Balaban J connectivity index is 3.10. The van der Waals surface area contributed by atoms with Gasteiger partial charge in [-0.1, -0.05) is 30.3 Å². The molecule has 13 heteroatoms. The van der Waals surface area contributed by atoms with E-state index in [2.05, 4.69) is 16.0 Å².